The summed E-state index contributed by atoms with van der Waals surface area (Å²) >= 11 is 1.84. The van der Waals surface area contributed by atoms with Gasteiger partial charge in [0, 0.05) is 4.70 Å². The Morgan fingerprint density at radius 3 is 3.08 bits per heavy atom. The first-order chi connectivity index (χ1) is 6.42. The van der Waals surface area contributed by atoms with Gasteiger partial charge in [-0.15, -0.1) is 11.3 Å². The fourth-order valence-corrected chi connectivity index (χ4v) is 2.46. The molecule has 0 aliphatic carbocycles. The molecule has 68 valence electrons. The summed E-state index contributed by atoms with van der Waals surface area (Å²) < 4.78 is 1.44. The number of fused-ring (bicyclic) bond motifs is 1. The highest BCUT2D eigenvalue weighted by atomic mass is 32.1. The number of nitrogens with one attached hydrogen (secondary N) is 1. The minimum absolute atomic E-state index is 1.05. The van der Waals surface area contributed by atoms with Crippen LogP contribution in [0.15, 0.2) is 29.6 Å². The smallest absolute Gasteiger partial charge is 0.0375 e. The van der Waals surface area contributed by atoms with Crippen molar-refractivity contribution in [2.45, 2.75) is 6.42 Å². The lowest BCUT2D eigenvalue weighted by Crippen LogP contribution is -2.10. The molecule has 0 bridgehead atoms. The Labute approximate surface area is 82.4 Å². The highest BCUT2D eigenvalue weighted by Gasteiger charge is 2.00. The van der Waals surface area contributed by atoms with E-state index >= 15 is 0 Å². The molecule has 1 aromatic carbocycles. The van der Waals surface area contributed by atoms with Crippen LogP contribution in [0.25, 0.3) is 10.1 Å². The molecule has 0 fully saturated rings. The second kappa shape index (κ2) is 3.90. The zero-order chi connectivity index (χ0) is 9.10. The van der Waals surface area contributed by atoms with Crippen molar-refractivity contribution < 1.29 is 0 Å². The molecule has 0 unspecified atom stereocenters. The number of hydrogen-bond donors (Lipinski definition) is 1. The van der Waals surface area contributed by atoms with Crippen molar-refractivity contribution >= 4 is 21.4 Å². The van der Waals surface area contributed by atoms with E-state index in [4.69, 9.17) is 0 Å². The van der Waals surface area contributed by atoms with E-state index in [-0.39, 0.29) is 0 Å². The van der Waals surface area contributed by atoms with Gasteiger partial charge < -0.3 is 5.32 Å². The lowest BCUT2D eigenvalue weighted by Gasteiger charge is -2.01. The van der Waals surface area contributed by atoms with Crippen LogP contribution in [0.3, 0.4) is 0 Å². The third-order valence-electron chi connectivity index (χ3n) is 2.20. The molecule has 0 aliphatic heterocycles. The van der Waals surface area contributed by atoms with Crippen molar-refractivity contribution in [3.8, 4) is 0 Å². The maximum Gasteiger partial charge on any atom is 0.0375 e. The van der Waals surface area contributed by atoms with Crippen LogP contribution >= 0.6 is 11.3 Å². The maximum absolute atomic E-state index is 3.18. The molecule has 0 saturated carbocycles. The van der Waals surface area contributed by atoms with Crippen LogP contribution in [0.5, 0.6) is 0 Å². The Morgan fingerprint density at radius 1 is 1.31 bits per heavy atom. The van der Waals surface area contributed by atoms with Crippen LogP contribution in [0, 0.1) is 0 Å². The van der Waals surface area contributed by atoms with Crippen molar-refractivity contribution in [1.82, 2.24) is 5.32 Å². The quantitative estimate of drug-likeness (QED) is 0.786. The summed E-state index contributed by atoms with van der Waals surface area (Å²) in [6.45, 7) is 1.05. The van der Waals surface area contributed by atoms with Crippen molar-refractivity contribution in [3.63, 3.8) is 0 Å². The summed E-state index contributed by atoms with van der Waals surface area (Å²) in [4.78, 5) is 0. The molecule has 13 heavy (non-hydrogen) atoms. The van der Waals surface area contributed by atoms with Gasteiger partial charge in [0.25, 0.3) is 0 Å². The number of benzene rings is 1. The van der Waals surface area contributed by atoms with Gasteiger partial charge >= 0.3 is 0 Å². The first kappa shape index (κ1) is 8.73. The molecule has 1 heterocycles. The van der Waals surface area contributed by atoms with Crippen LogP contribution in [-0.4, -0.2) is 13.6 Å². The predicted octanol–water partition coefficient (Wildman–Crippen LogP) is 2.66. The third kappa shape index (κ3) is 1.74. The molecule has 0 amide bonds. The maximum atomic E-state index is 3.18. The summed E-state index contributed by atoms with van der Waals surface area (Å²) in [7, 11) is 1.99. The molecule has 0 radical (unpaired) electrons. The van der Waals surface area contributed by atoms with Crippen LogP contribution in [0.2, 0.25) is 0 Å². The van der Waals surface area contributed by atoms with E-state index in [9.17, 15) is 0 Å². The number of likely N-dealkylation sites (N-methyl/N-ethyl adjacent to an activating group) is 1. The Balaban J connectivity index is 2.37. The lowest BCUT2D eigenvalue weighted by molar-refractivity contribution is 0.795. The van der Waals surface area contributed by atoms with Gasteiger partial charge in [0.05, 0.1) is 0 Å². The summed E-state index contributed by atoms with van der Waals surface area (Å²) in [6.07, 6.45) is 1.12. The molecule has 0 atom stereocenters. The van der Waals surface area contributed by atoms with E-state index < -0.39 is 0 Å². The first-order valence-corrected chi connectivity index (χ1v) is 5.39. The van der Waals surface area contributed by atoms with Gasteiger partial charge in [0.2, 0.25) is 0 Å². The van der Waals surface area contributed by atoms with Gasteiger partial charge in [-0.3, -0.25) is 0 Å². The van der Waals surface area contributed by atoms with Gasteiger partial charge in [-0.05, 0) is 42.4 Å². The second-order valence-corrected chi connectivity index (χ2v) is 4.03. The summed E-state index contributed by atoms with van der Waals surface area (Å²) in [5.74, 6) is 0. The summed E-state index contributed by atoms with van der Waals surface area (Å²) in [5, 5.41) is 6.71. The molecule has 0 spiro atoms. The molecular weight excluding hydrogens is 178 g/mol. The van der Waals surface area contributed by atoms with Crippen molar-refractivity contribution in [2.24, 2.45) is 0 Å². The number of hydrogen-bond acceptors (Lipinski definition) is 2. The van der Waals surface area contributed by atoms with Gasteiger partial charge in [0.15, 0.2) is 0 Å². The highest BCUT2D eigenvalue weighted by Crippen LogP contribution is 2.24. The van der Waals surface area contributed by atoms with E-state index in [1.54, 1.807) is 0 Å². The average molecular weight is 191 g/mol. The van der Waals surface area contributed by atoms with Gasteiger partial charge in [-0.2, -0.15) is 0 Å². The van der Waals surface area contributed by atoms with E-state index in [0.717, 1.165) is 13.0 Å². The van der Waals surface area contributed by atoms with Crippen LogP contribution in [0.4, 0.5) is 0 Å². The zero-order valence-electron chi connectivity index (χ0n) is 7.71. The number of thiophene rings is 1. The first-order valence-electron chi connectivity index (χ1n) is 4.51. The monoisotopic (exact) mass is 191 g/mol. The molecule has 1 nitrogen and oxygen atoms in total. The minimum atomic E-state index is 1.05. The number of rotatable bonds is 3. The lowest BCUT2D eigenvalue weighted by atomic mass is 10.1. The molecule has 2 aromatic rings. The van der Waals surface area contributed by atoms with Crippen LogP contribution < -0.4 is 5.32 Å². The van der Waals surface area contributed by atoms with Crippen molar-refractivity contribution in [2.75, 3.05) is 13.6 Å². The molecule has 2 rings (SSSR count). The van der Waals surface area contributed by atoms with E-state index in [1.807, 2.05) is 18.4 Å². The minimum Gasteiger partial charge on any atom is -0.319 e. The molecule has 2 heteroatoms. The Hall–Kier alpha value is -0.860. The fraction of sp³-hybridized carbons (Fsp3) is 0.273. The molecule has 1 N–H and O–H groups in total. The van der Waals surface area contributed by atoms with Gasteiger partial charge in [0.1, 0.15) is 0 Å². The zero-order valence-corrected chi connectivity index (χ0v) is 8.53. The topological polar surface area (TPSA) is 12.0 Å². The van der Waals surface area contributed by atoms with Crippen molar-refractivity contribution in [1.29, 1.82) is 0 Å². The normalized spacial score (nSPS) is 10.8. The third-order valence-corrected chi connectivity index (χ3v) is 3.21. The van der Waals surface area contributed by atoms with E-state index in [1.165, 1.54) is 15.6 Å². The highest BCUT2D eigenvalue weighted by molar-refractivity contribution is 7.17. The molecular formula is C11H13NS. The average Bonchev–Trinajstić information content (AvgIpc) is 2.62. The predicted molar refractivity (Wildman–Crippen MR) is 59.5 cm³/mol. The summed E-state index contributed by atoms with van der Waals surface area (Å²) in [5.41, 5.74) is 1.46. The van der Waals surface area contributed by atoms with Crippen LogP contribution in [0.1, 0.15) is 5.56 Å². The van der Waals surface area contributed by atoms with Crippen molar-refractivity contribution in [3.05, 3.63) is 35.2 Å². The molecule has 1 aromatic heterocycles. The Morgan fingerprint density at radius 2 is 2.23 bits per heavy atom. The van der Waals surface area contributed by atoms with Gasteiger partial charge in [-0.1, -0.05) is 18.2 Å². The van der Waals surface area contributed by atoms with Gasteiger partial charge in [-0.25, -0.2) is 0 Å². The van der Waals surface area contributed by atoms with E-state index in [0.29, 0.717) is 0 Å². The fourth-order valence-electron chi connectivity index (χ4n) is 1.51. The SMILES string of the molecule is CNCCc1cccc2ccsc12. The second-order valence-electron chi connectivity index (χ2n) is 3.11. The Kier molecular flexibility index (Phi) is 2.62. The van der Waals surface area contributed by atoms with E-state index in [2.05, 4.69) is 35.0 Å². The molecule has 0 saturated heterocycles. The largest absolute Gasteiger partial charge is 0.319 e. The van der Waals surface area contributed by atoms with Crippen LogP contribution in [-0.2, 0) is 6.42 Å². The Bertz CT molecular complexity index is 392. The molecule has 0 aliphatic rings. The summed E-state index contributed by atoms with van der Waals surface area (Å²) in [6, 6.07) is 8.72. The standard InChI is InChI=1S/C11H13NS/c1-12-7-5-9-3-2-4-10-6-8-13-11(9)10/h2-4,6,8,12H,5,7H2,1H3.